The van der Waals surface area contributed by atoms with Crippen LogP contribution in [0.1, 0.15) is 35.2 Å². The Hall–Kier alpha value is -3.42. The first-order valence-corrected chi connectivity index (χ1v) is 9.11. The molecule has 2 aromatic rings. The summed E-state index contributed by atoms with van der Waals surface area (Å²) in [6.07, 6.45) is 4.50. The van der Waals surface area contributed by atoms with Crippen molar-refractivity contribution in [1.29, 1.82) is 0 Å². The van der Waals surface area contributed by atoms with Gasteiger partial charge in [0, 0.05) is 18.4 Å². The molecule has 1 fully saturated rings. The second kappa shape index (κ2) is 9.50. The fourth-order valence-electron chi connectivity index (χ4n) is 3.14. The maximum Gasteiger partial charge on any atom is 0.407 e. The van der Waals surface area contributed by atoms with E-state index in [0.29, 0.717) is 18.4 Å². The van der Waals surface area contributed by atoms with E-state index in [1.165, 1.54) is 6.20 Å². The van der Waals surface area contributed by atoms with E-state index < -0.39 is 17.9 Å². The molecule has 1 heterocycles. The number of ether oxygens (including phenoxy) is 1. The third-order valence-corrected chi connectivity index (χ3v) is 4.59. The highest BCUT2D eigenvalue weighted by Crippen LogP contribution is 2.25. The minimum Gasteiger partial charge on any atom is -0.445 e. The lowest BCUT2D eigenvalue weighted by molar-refractivity contribution is -0.126. The van der Waals surface area contributed by atoms with Gasteiger partial charge in [0.15, 0.2) is 0 Å². The number of nitrogens with one attached hydrogen (secondary N) is 3. The van der Waals surface area contributed by atoms with Gasteiger partial charge in [-0.15, -0.1) is 0 Å². The lowest BCUT2D eigenvalue weighted by Gasteiger charge is -2.20. The van der Waals surface area contributed by atoms with Crippen LogP contribution in [0, 0.1) is 5.92 Å². The quantitative estimate of drug-likeness (QED) is 0.685. The Morgan fingerprint density at radius 3 is 2.61 bits per heavy atom. The molecule has 1 aliphatic rings. The topological polar surface area (TPSA) is 109 Å². The van der Waals surface area contributed by atoms with Gasteiger partial charge in [-0.3, -0.25) is 25.4 Å². The summed E-state index contributed by atoms with van der Waals surface area (Å²) in [5, 5.41) is 2.75. The van der Waals surface area contributed by atoms with Gasteiger partial charge in [0.1, 0.15) is 6.61 Å². The fraction of sp³-hybridized carbons (Fsp3) is 0.300. The molecule has 3 N–H and O–H groups in total. The first-order valence-electron chi connectivity index (χ1n) is 9.11. The van der Waals surface area contributed by atoms with Gasteiger partial charge in [0.05, 0.1) is 11.5 Å². The number of pyridine rings is 1. The van der Waals surface area contributed by atoms with Gasteiger partial charge in [-0.1, -0.05) is 36.8 Å². The van der Waals surface area contributed by atoms with E-state index in [1.54, 1.807) is 18.3 Å². The molecule has 0 aliphatic heterocycles. The molecular weight excluding hydrogens is 360 g/mol. The summed E-state index contributed by atoms with van der Waals surface area (Å²) >= 11 is 0. The number of aromatic nitrogens is 1. The molecule has 146 valence electrons. The van der Waals surface area contributed by atoms with Crippen molar-refractivity contribution in [2.24, 2.45) is 5.92 Å². The zero-order valence-corrected chi connectivity index (χ0v) is 15.3. The number of rotatable bonds is 5. The summed E-state index contributed by atoms with van der Waals surface area (Å²) in [4.78, 5) is 40.3. The highest BCUT2D eigenvalue weighted by molar-refractivity contribution is 5.95. The van der Waals surface area contributed by atoms with Crippen molar-refractivity contribution >= 4 is 17.9 Å². The number of hydrogen-bond acceptors (Lipinski definition) is 5. The lowest BCUT2D eigenvalue weighted by Crippen LogP contribution is -2.49. The van der Waals surface area contributed by atoms with Crippen LogP contribution in [0.15, 0.2) is 54.9 Å². The fourth-order valence-corrected chi connectivity index (χ4v) is 3.14. The van der Waals surface area contributed by atoms with Crippen LogP contribution in [0.4, 0.5) is 4.79 Å². The van der Waals surface area contributed by atoms with Crippen LogP contribution in [0.3, 0.4) is 0 Å². The van der Waals surface area contributed by atoms with Crippen LogP contribution < -0.4 is 16.2 Å². The highest BCUT2D eigenvalue weighted by atomic mass is 16.5. The minimum absolute atomic E-state index is 0.164. The summed E-state index contributed by atoms with van der Waals surface area (Å²) in [5.41, 5.74) is 6.03. The van der Waals surface area contributed by atoms with Crippen molar-refractivity contribution in [2.75, 3.05) is 0 Å². The molecule has 1 aromatic heterocycles. The van der Waals surface area contributed by atoms with Crippen LogP contribution in [0.2, 0.25) is 0 Å². The highest BCUT2D eigenvalue weighted by Gasteiger charge is 2.34. The molecule has 8 heteroatoms. The van der Waals surface area contributed by atoms with Crippen molar-refractivity contribution in [3.05, 3.63) is 66.0 Å². The van der Waals surface area contributed by atoms with E-state index in [2.05, 4.69) is 21.2 Å². The van der Waals surface area contributed by atoms with Gasteiger partial charge in [0.25, 0.3) is 5.91 Å². The van der Waals surface area contributed by atoms with Gasteiger partial charge in [-0.25, -0.2) is 4.79 Å². The second-order valence-corrected chi connectivity index (χ2v) is 6.54. The van der Waals surface area contributed by atoms with Crippen LogP contribution in [-0.4, -0.2) is 28.9 Å². The average Bonchev–Trinajstić information content (AvgIpc) is 3.19. The molecule has 0 bridgehead atoms. The van der Waals surface area contributed by atoms with Gasteiger partial charge in [0.2, 0.25) is 5.91 Å². The van der Waals surface area contributed by atoms with Crippen molar-refractivity contribution in [3.63, 3.8) is 0 Å². The molecule has 3 rings (SSSR count). The summed E-state index contributed by atoms with van der Waals surface area (Å²) in [5.74, 6) is -1.23. The molecule has 3 amide bonds. The van der Waals surface area contributed by atoms with Crippen LogP contribution >= 0.6 is 0 Å². The zero-order chi connectivity index (χ0) is 19.8. The van der Waals surface area contributed by atoms with Gasteiger partial charge in [-0.2, -0.15) is 0 Å². The van der Waals surface area contributed by atoms with E-state index in [1.807, 2.05) is 30.3 Å². The predicted octanol–water partition coefficient (Wildman–Crippen LogP) is 1.94. The number of hydrazine groups is 1. The maximum atomic E-state index is 12.4. The van der Waals surface area contributed by atoms with E-state index >= 15 is 0 Å². The molecule has 28 heavy (non-hydrogen) atoms. The Balaban J connectivity index is 1.46. The number of carbonyl (C=O) groups excluding carboxylic acids is 3. The van der Waals surface area contributed by atoms with E-state index in [4.69, 9.17) is 4.74 Å². The molecule has 0 spiro atoms. The summed E-state index contributed by atoms with van der Waals surface area (Å²) in [6.45, 7) is 0.164. The third kappa shape index (κ3) is 5.29. The Morgan fingerprint density at radius 2 is 1.86 bits per heavy atom. The number of alkyl carbamates (subject to hydrolysis) is 1. The number of amides is 3. The molecular formula is C20H22N4O4. The largest absolute Gasteiger partial charge is 0.445 e. The monoisotopic (exact) mass is 382 g/mol. The molecule has 1 saturated carbocycles. The Bertz CT molecular complexity index is 813. The Kier molecular flexibility index (Phi) is 6.56. The van der Waals surface area contributed by atoms with Gasteiger partial charge in [-0.05, 0) is 30.5 Å². The van der Waals surface area contributed by atoms with E-state index in [9.17, 15) is 14.4 Å². The molecule has 0 radical (unpaired) electrons. The van der Waals surface area contributed by atoms with Gasteiger partial charge < -0.3 is 10.1 Å². The van der Waals surface area contributed by atoms with Gasteiger partial charge >= 0.3 is 6.09 Å². The van der Waals surface area contributed by atoms with Crippen LogP contribution in [0.25, 0.3) is 0 Å². The second-order valence-electron chi connectivity index (χ2n) is 6.54. The Morgan fingerprint density at radius 1 is 1.04 bits per heavy atom. The van der Waals surface area contributed by atoms with Crippen LogP contribution in [-0.2, 0) is 16.1 Å². The summed E-state index contributed by atoms with van der Waals surface area (Å²) in [7, 11) is 0. The third-order valence-electron chi connectivity index (χ3n) is 4.59. The Labute approximate surface area is 162 Å². The van der Waals surface area contributed by atoms with Crippen molar-refractivity contribution in [2.45, 2.75) is 31.9 Å². The molecule has 8 nitrogen and oxygen atoms in total. The number of carbonyl (C=O) groups is 3. The smallest absolute Gasteiger partial charge is 0.407 e. The van der Waals surface area contributed by atoms with Crippen LogP contribution in [0.5, 0.6) is 0 Å². The van der Waals surface area contributed by atoms with E-state index in [0.717, 1.165) is 12.0 Å². The molecule has 1 aliphatic carbocycles. The average molecular weight is 382 g/mol. The van der Waals surface area contributed by atoms with Crippen molar-refractivity contribution in [1.82, 2.24) is 21.2 Å². The standard InChI is InChI=1S/C20H22N4O4/c25-18(15-8-5-11-21-12-15)23-24-19(26)16-9-4-10-17(16)22-20(27)28-13-14-6-2-1-3-7-14/h1-3,5-8,11-12,16-17H,4,9-10,13H2,(H,22,27)(H,23,25)(H,24,26)/t16-,17+/m0/s1. The summed E-state index contributed by atoms with van der Waals surface area (Å²) < 4.78 is 5.22. The number of benzene rings is 1. The minimum atomic E-state index is -0.562. The molecule has 0 saturated heterocycles. The number of hydrogen-bond donors (Lipinski definition) is 3. The lowest BCUT2D eigenvalue weighted by atomic mass is 10.0. The maximum absolute atomic E-state index is 12.4. The van der Waals surface area contributed by atoms with E-state index in [-0.39, 0.29) is 18.6 Å². The predicted molar refractivity (Wildman–Crippen MR) is 101 cm³/mol. The summed E-state index contributed by atoms with van der Waals surface area (Å²) in [6, 6.07) is 12.2. The zero-order valence-electron chi connectivity index (χ0n) is 15.3. The first kappa shape index (κ1) is 19.3. The SMILES string of the molecule is O=C(N[C@@H]1CCC[C@@H]1C(=O)NNC(=O)c1cccnc1)OCc1ccccc1. The molecule has 2 atom stereocenters. The molecule has 1 aromatic carbocycles. The first-order chi connectivity index (χ1) is 13.6. The number of nitrogens with zero attached hydrogens (tertiary/aromatic N) is 1. The normalized spacial score (nSPS) is 18.1. The van der Waals surface area contributed by atoms with Crippen molar-refractivity contribution in [3.8, 4) is 0 Å². The molecule has 0 unspecified atom stereocenters. The van der Waals surface area contributed by atoms with Crippen molar-refractivity contribution < 1.29 is 19.1 Å².